The van der Waals surface area contributed by atoms with Crippen LogP contribution in [-0.2, 0) is 14.3 Å². The second-order valence-corrected chi connectivity index (χ2v) is 10.8. The van der Waals surface area contributed by atoms with Crippen molar-refractivity contribution >= 4 is 11.6 Å². The van der Waals surface area contributed by atoms with Gasteiger partial charge in [-0.3, -0.25) is 9.59 Å². The summed E-state index contributed by atoms with van der Waals surface area (Å²) in [5.74, 6) is 2.22. The topological polar surface area (TPSA) is 69.4 Å². The van der Waals surface area contributed by atoms with Gasteiger partial charge in [-0.25, -0.2) is 0 Å². The van der Waals surface area contributed by atoms with Gasteiger partial charge in [0.2, 0.25) is 0 Å². The van der Waals surface area contributed by atoms with E-state index >= 15 is 0 Å². The van der Waals surface area contributed by atoms with Crippen molar-refractivity contribution in [1.82, 2.24) is 0 Å². The van der Waals surface area contributed by atoms with E-state index in [2.05, 4.69) is 26.8 Å². The first-order valence-corrected chi connectivity index (χ1v) is 12.1. The standard InChI is InChI=1S/C26H39NO3/c1-17-14-22-20-7-6-18-15-19(28)8-10-25(18,2)21(20)9-11-26(22,3)24(17)23(29)16-30-13-5-4-12-27/h9,15,17,20,22,24H,4-8,10-14,16,27H2,1-3H3/t17-,20?,22?,24+,25-,26-/m0/s1. The van der Waals surface area contributed by atoms with Crippen LogP contribution in [0.15, 0.2) is 23.3 Å². The number of Topliss-reactive ketones (excluding diaryl/α,β-unsaturated/α-hetero) is 1. The summed E-state index contributed by atoms with van der Waals surface area (Å²) in [5, 5.41) is 0. The van der Waals surface area contributed by atoms with Gasteiger partial charge in [-0.1, -0.05) is 38.0 Å². The molecule has 0 saturated heterocycles. The third-order valence-electron chi connectivity index (χ3n) is 9.01. The molecule has 2 saturated carbocycles. The Morgan fingerprint density at radius 3 is 2.83 bits per heavy atom. The number of ketones is 2. The lowest BCUT2D eigenvalue weighted by molar-refractivity contribution is -0.133. The van der Waals surface area contributed by atoms with E-state index in [4.69, 9.17) is 10.5 Å². The Kier molecular flexibility index (Phi) is 6.11. The number of nitrogens with two attached hydrogens (primary N) is 1. The molecule has 4 nitrogen and oxygen atoms in total. The lowest BCUT2D eigenvalue weighted by atomic mass is 9.51. The van der Waals surface area contributed by atoms with Crippen LogP contribution in [0.2, 0.25) is 0 Å². The van der Waals surface area contributed by atoms with Crippen molar-refractivity contribution < 1.29 is 14.3 Å². The quantitative estimate of drug-likeness (QED) is 0.488. The second-order valence-electron chi connectivity index (χ2n) is 10.8. The van der Waals surface area contributed by atoms with Gasteiger partial charge in [-0.05, 0) is 80.7 Å². The van der Waals surface area contributed by atoms with Gasteiger partial charge in [0.1, 0.15) is 6.61 Å². The normalized spacial score (nSPS) is 40.2. The minimum atomic E-state index is 0.0351. The van der Waals surface area contributed by atoms with Crippen LogP contribution in [0.3, 0.4) is 0 Å². The van der Waals surface area contributed by atoms with Gasteiger partial charge in [-0.2, -0.15) is 0 Å². The van der Waals surface area contributed by atoms with Gasteiger partial charge in [-0.15, -0.1) is 0 Å². The van der Waals surface area contributed by atoms with Crippen molar-refractivity contribution in [1.29, 1.82) is 0 Å². The molecule has 30 heavy (non-hydrogen) atoms. The SMILES string of the molecule is C[C@H]1CC2C3CCC4=CC(=O)CC[C@]4(C)C3=CC[C@]2(C)[C@H]1C(=O)COCCCCN. The van der Waals surface area contributed by atoms with Crippen molar-refractivity contribution in [2.75, 3.05) is 19.8 Å². The van der Waals surface area contributed by atoms with Crippen molar-refractivity contribution in [3.8, 4) is 0 Å². The van der Waals surface area contributed by atoms with Gasteiger partial charge < -0.3 is 10.5 Å². The number of unbranched alkanes of at least 4 members (excludes halogenated alkanes) is 1. The van der Waals surface area contributed by atoms with Gasteiger partial charge >= 0.3 is 0 Å². The zero-order valence-corrected chi connectivity index (χ0v) is 19.0. The Morgan fingerprint density at radius 2 is 2.07 bits per heavy atom. The molecular weight excluding hydrogens is 374 g/mol. The average Bonchev–Trinajstić information content (AvgIpc) is 2.98. The molecule has 6 atom stereocenters. The summed E-state index contributed by atoms with van der Waals surface area (Å²) in [6, 6.07) is 0. The minimum Gasteiger partial charge on any atom is -0.374 e. The highest BCUT2D eigenvalue weighted by Crippen LogP contribution is 2.65. The maximum Gasteiger partial charge on any atom is 0.162 e. The molecule has 0 aliphatic heterocycles. The summed E-state index contributed by atoms with van der Waals surface area (Å²) in [5.41, 5.74) is 8.57. The number of rotatable bonds is 7. The molecule has 0 spiro atoms. The Balaban J connectivity index is 1.53. The van der Waals surface area contributed by atoms with E-state index in [1.807, 2.05) is 6.08 Å². The van der Waals surface area contributed by atoms with Crippen LogP contribution in [0.4, 0.5) is 0 Å². The van der Waals surface area contributed by atoms with Gasteiger partial charge in [0.05, 0.1) is 0 Å². The molecule has 0 aromatic heterocycles. The fraction of sp³-hybridized carbons (Fsp3) is 0.769. The number of hydrogen-bond acceptors (Lipinski definition) is 4. The first-order chi connectivity index (χ1) is 14.3. The molecule has 0 aromatic rings. The molecule has 0 amide bonds. The fourth-order valence-corrected chi connectivity index (χ4v) is 7.52. The minimum absolute atomic E-state index is 0.0351. The lowest BCUT2D eigenvalue weighted by Gasteiger charge is -2.53. The molecule has 4 aliphatic rings. The van der Waals surface area contributed by atoms with Crippen LogP contribution in [0.1, 0.15) is 72.1 Å². The van der Waals surface area contributed by atoms with Crippen molar-refractivity contribution in [2.45, 2.75) is 72.1 Å². The van der Waals surface area contributed by atoms with Crippen LogP contribution < -0.4 is 5.73 Å². The van der Waals surface area contributed by atoms with E-state index in [1.54, 1.807) is 5.57 Å². The molecule has 166 valence electrons. The Hall–Kier alpha value is -1.26. The monoisotopic (exact) mass is 413 g/mol. The second kappa shape index (κ2) is 8.35. The predicted molar refractivity (Wildman–Crippen MR) is 119 cm³/mol. The van der Waals surface area contributed by atoms with Gasteiger partial charge in [0.25, 0.3) is 0 Å². The third-order valence-corrected chi connectivity index (χ3v) is 9.01. The number of allylic oxidation sites excluding steroid dienone is 4. The Morgan fingerprint density at radius 1 is 1.27 bits per heavy atom. The molecule has 0 bridgehead atoms. The molecule has 4 heteroatoms. The molecule has 2 fully saturated rings. The summed E-state index contributed by atoms with van der Waals surface area (Å²) in [6.07, 6.45) is 12.2. The van der Waals surface area contributed by atoms with Crippen LogP contribution in [0.5, 0.6) is 0 Å². The smallest absolute Gasteiger partial charge is 0.162 e. The predicted octanol–water partition coefficient (Wildman–Crippen LogP) is 4.63. The van der Waals surface area contributed by atoms with Gasteiger partial charge in [0, 0.05) is 24.4 Å². The van der Waals surface area contributed by atoms with Crippen LogP contribution >= 0.6 is 0 Å². The molecule has 4 rings (SSSR count). The maximum atomic E-state index is 13.2. The highest BCUT2D eigenvalue weighted by atomic mass is 16.5. The van der Waals surface area contributed by atoms with Crippen LogP contribution in [-0.4, -0.2) is 31.3 Å². The van der Waals surface area contributed by atoms with Gasteiger partial charge in [0.15, 0.2) is 11.6 Å². The largest absolute Gasteiger partial charge is 0.374 e. The summed E-state index contributed by atoms with van der Waals surface area (Å²) >= 11 is 0. The molecule has 4 aliphatic carbocycles. The van der Waals surface area contributed by atoms with Crippen molar-refractivity contribution in [3.05, 3.63) is 23.3 Å². The lowest BCUT2D eigenvalue weighted by Crippen LogP contribution is -2.46. The first kappa shape index (κ1) is 22.0. The van der Waals surface area contributed by atoms with E-state index in [1.165, 1.54) is 5.57 Å². The van der Waals surface area contributed by atoms with E-state index in [0.29, 0.717) is 48.9 Å². The van der Waals surface area contributed by atoms with Crippen molar-refractivity contribution in [2.24, 2.45) is 40.2 Å². The number of carbonyl (C=O) groups is 2. The first-order valence-electron chi connectivity index (χ1n) is 12.1. The summed E-state index contributed by atoms with van der Waals surface area (Å²) in [7, 11) is 0. The average molecular weight is 414 g/mol. The Bertz CT molecular complexity index is 768. The Labute approximate surface area is 181 Å². The van der Waals surface area contributed by atoms with E-state index < -0.39 is 0 Å². The molecule has 0 aromatic carbocycles. The zero-order valence-electron chi connectivity index (χ0n) is 19.0. The number of fused-ring (bicyclic) bond motifs is 5. The summed E-state index contributed by atoms with van der Waals surface area (Å²) in [6.45, 7) is 8.55. The maximum absolute atomic E-state index is 13.2. The molecule has 2 unspecified atom stereocenters. The highest BCUT2D eigenvalue weighted by molar-refractivity contribution is 5.92. The third kappa shape index (κ3) is 3.54. The molecule has 0 heterocycles. The fourth-order valence-electron chi connectivity index (χ4n) is 7.52. The number of ether oxygens (including phenoxy) is 1. The van der Waals surface area contributed by atoms with Crippen molar-refractivity contribution in [3.63, 3.8) is 0 Å². The van der Waals surface area contributed by atoms with Crippen LogP contribution in [0.25, 0.3) is 0 Å². The number of hydrogen-bond donors (Lipinski definition) is 1. The molecule has 2 N–H and O–H groups in total. The molecule has 0 radical (unpaired) electrons. The highest BCUT2D eigenvalue weighted by Gasteiger charge is 2.59. The summed E-state index contributed by atoms with van der Waals surface area (Å²) in [4.78, 5) is 25.2. The van der Waals surface area contributed by atoms with Crippen LogP contribution in [0, 0.1) is 34.5 Å². The molecular formula is C26H39NO3. The van der Waals surface area contributed by atoms with E-state index in [0.717, 1.165) is 44.9 Å². The van der Waals surface area contributed by atoms with E-state index in [-0.39, 0.29) is 23.4 Å². The number of carbonyl (C=O) groups excluding carboxylic acids is 2. The zero-order chi connectivity index (χ0) is 21.5. The van der Waals surface area contributed by atoms with E-state index in [9.17, 15) is 9.59 Å². The summed E-state index contributed by atoms with van der Waals surface area (Å²) < 4.78 is 5.73.